The Labute approximate surface area is 556 Å². The lowest BCUT2D eigenvalue weighted by Gasteiger charge is -2.21. The lowest BCUT2D eigenvalue weighted by Crippen LogP contribution is -2.30. The second kappa shape index (κ2) is 65.4. The summed E-state index contributed by atoms with van der Waals surface area (Å²) in [5.41, 5.74) is 0. The molecule has 0 saturated heterocycles. The number of aliphatic hydroxyl groups is 1. The molecular weight excluding hydrogens is 1200 g/mol. The van der Waals surface area contributed by atoms with Crippen molar-refractivity contribution < 1.29 is 80.2 Å². The summed E-state index contributed by atoms with van der Waals surface area (Å²) in [6.07, 6.45) is 53.0. The standard InChI is InChI=1S/C72H140O17P2/c1-6-9-12-15-18-20-21-22-23-24-25-26-27-28-29-34-38-43-48-53-58-72(77)89-68(62-83-70(75)56-51-46-41-37-33-31-30-32-36-40-44-49-54-65(4)5)64-87-91(80,81)85-60-66(73)59-84-90(78,79)86-63-67(61-82-69(74)55-50-45-39-17-14-11-8-3)88-71(76)57-52-47-42-35-19-16-13-10-7-2/h65-68,73H,6-64H2,1-5H3,(H,78,79)(H,80,81)/t66-,67+,68+/m0/s1. The summed E-state index contributed by atoms with van der Waals surface area (Å²) < 4.78 is 68.2. The van der Waals surface area contributed by atoms with Crippen LogP contribution in [0, 0.1) is 5.92 Å². The lowest BCUT2D eigenvalue weighted by atomic mass is 10.0. The first-order chi connectivity index (χ1) is 44.0. The smallest absolute Gasteiger partial charge is 0.462 e. The molecular formula is C72H140O17P2. The monoisotopic (exact) mass is 1340 g/mol. The predicted molar refractivity (Wildman–Crippen MR) is 368 cm³/mol. The van der Waals surface area contributed by atoms with Crippen molar-refractivity contribution >= 4 is 39.5 Å². The highest BCUT2D eigenvalue weighted by molar-refractivity contribution is 7.47. The number of hydrogen-bond donors (Lipinski definition) is 3. The average molecular weight is 1340 g/mol. The van der Waals surface area contributed by atoms with Gasteiger partial charge in [-0.05, 0) is 31.6 Å². The number of carbonyl (C=O) groups excluding carboxylic acids is 4. The van der Waals surface area contributed by atoms with Gasteiger partial charge in [0.1, 0.15) is 19.3 Å². The van der Waals surface area contributed by atoms with Crippen LogP contribution in [0.2, 0.25) is 0 Å². The van der Waals surface area contributed by atoms with Crippen LogP contribution in [0.4, 0.5) is 0 Å². The van der Waals surface area contributed by atoms with Gasteiger partial charge in [0.15, 0.2) is 12.2 Å². The van der Waals surface area contributed by atoms with Crippen LogP contribution in [0.1, 0.15) is 375 Å². The molecule has 0 amide bonds. The third kappa shape index (κ3) is 66.5. The second-order valence-electron chi connectivity index (χ2n) is 26.5. The van der Waals surface area contributed by atoms with Crippen LogP contribution in [0.15, 0.2) is 0 Å². The zero-order valence-corrected chi connectivity index (χ0v) is 60.8. The minimum Gasteiger partial charge on any atom is -0.462 e. The van der Waals surface area contributed by atoms with E-state index < -0.39 is 97.5 Å². The molecule has 0 radical (unpaired) electrons. The van der Waals surface area contributed by atoms with Gasteiger partial charge in [0.2, 0.25) is 0 Å². The molecule has 0 aromatic heterocycles. The van der Waals surface area contributed by atoms with E-state index in [0.29, 0.717) is 25.7 Å². The molecule has 3 N–H and O–H groups in total. The molecule has 0 rings (SSSR count). The number of phosphoric acid groups is 2. The van der Waals surface area contributed by atoms with E-state index >= 15 is 0 Å². The van der Waals surface area contributed by atoms with Crippen LogP contribution in [0.5, 0.6) is 0 Å². The maximum Gasteiger partial charge on any atom is 0.472 e. The average Bonchev–Trinajstić information content (AvgIpc) is 3.34. The highest BCUT2D eigenvalue weighted by Gasteiger charge is 2.30. The number of aliphatic hydroxyl groups excluding tert-OH is 1. The Morgan fingerprint density at radius 1 is 0.297 bits per heavy atom. The van der Waals surface area contributed by atoms with Gasteiger partial charge in [-0.1, -0.05) is 324 Å². The van der Waals surface area contributed by atoms with Crippen molar-refractivity contribution in [3.05, 3.63) is 0 Å². The largest absolute Gasteiger partial charge is 0.472 e. The summed E-state index contributed by atoms with van der Waals surface area (Å²) in [6, 6.07) is 0. The summed E-state index contributed by atoms with van der Waals surface area (Å²) in [7, 11) is -9.89. The van der Waals surface area contributed by atoms with Gasteiger partial charge < -0.3 is 33.8 Å². The molecule has 17 nitrogen and oxygen atoms in total. The van der Waals surface area contributed by atoms with Crippen LogP contribution >= 0.6 is 15.6 Å². The van der Waals surface area contributed by atoms with Crippen LogP contribution in [0.3, 0.4) is 0 Å². The van der Waals surface area contributed by atoms with Crippen LogP contribution < -0.4 is 0 Å². The zero-order valence-electron chi connectivity index (χ0n) is 59.0. The third-order valence-electron chi connectivity index (χ3n) is 16.8. The molecule has 0 bridgehead atoms. The van der Waals surface area contributed by atoms with Crippen LogP contribution in [0.25, 0.3) is 0 Å². The number of unbranched alkanes of at least 4 members (excludes halogenated alkanes) is 44. The van der Waals surface area contributed by atoms with Crippen molar-refractivity contribution in [2.45, 2.75) is 393 Å². The van der Waals surface area contributed by atoms with E-state index in [0.717, 1.165) is 109 Å². The lowest BCUT2D eigenvalue weighted by molar-refractivity contribution is -0.161. The van der Waals surface area contributed by atoms with Crippen molar-refractivity contribution in [1.82, 2.24) is 0 Å². The topological polar surface area (TPSA) is 237 Å². The summed E-state index contributed by atoms with van der Waals surface area (Å²) in [4.78, 5) is 72.4. The van der Waals surface area contributed by atoms with Crippen LogP contribution in [-0.4, -0.2) is 96.7 Å². The molecule has 19 heteroatoms. The van der Waals surface area contributed by atoms with Crippen molar-refractivity contribution in [3.8, 4) is 0 Å². The number of hydrogen-bond acceptors (Lipinski definition) is 15. The van der Waals surface area contributed by atoms with Gasteiger partial charge in [0.25, 0.3) is 0 Å². The number of phosphoric ester groups is 2. The van der Waals surface area contributed by atoms with Crippen LogP contribution in [-0.2, 0) is 65.4 Å². The first-order valence-corrected chi connectivity index (χ1v) is 40.6. The molecule has 0 aliphatic heterocycles. The number of rotatable bonds is 72. The van der Waals surface area contributed by atoms with E-state index in [9.17, 15) is 43.2 Å². The first kappa shape index (κ1) is 89.1. The van der Waals surface area contributed by atoms with Gasteiger partial charge in [-0.2, -0.15) is 0 Å². The minimum atomic E-state index is -4.95. The molecule has 0 heterocycles. The van der Waals surface area contributed by atoms with Gasteiger partial charge >= 0.3 is 39.5 Å². The van der Waals surface area contributed by atoms with Crippen molar-refractivity contribution in [2.24, 2.45) is 5.92 Å². The summed E-state index contributed by atoms with van der Waals surface area (Å²) in [5.74, 6) is -1.34. The zero-order chi connectivity index (χ0) is 67.0. The Morgan fingerprint density at radius 2 is 0.505 bits per heavy atom. The Balaban J connectivity index is 5.15. The molecule has 0 aromatic rings. The molecule has 5 atom stereocenters. The molecule has 0 spiro atoms. The molecule has 540 valence electrons. The molecule has 0 fully saturated rings. The number of ether oxygens (including phenoxy) is 4. The molecule has 0 aliphatic carbocycles. The van der Waals surface area contributed by atoms with Gasteiger partial charge in [-0.3, -0.25) is 37.3 Å². The maximum absolute atomic E-state index is 13.1. The van der Waals surface area contributed by atoms with E-state index in [-0.39, 0.29) is 25.7 Å². The predicted octanol–water partition coefficient (Wildman–Crippen LogP) is 20.9. The summed E-state index contributed by atoms with van der Waals surface area (Å²) >= 11 is 0. The SMILES string of the molecule is CCCCCCCCCCCCCCCCCCCCCCC(=O)O[C@H](COC(=O)CCCCCCCCCCCCCCC(C)C)COP(=O)(O)OC[C@@H](O)COP(=O)(O)OC[C@@H](COC(=O)CCCCCCCCC)OC(=O)CCCCCCCCCCC. The van der Waals surface area contributed by atoms with Gasteiger partial charge in [0.05, 0.1) is 26.4 Å². The van der Waals surface area contributed by atoms with Crippen molar-refractivity contribution in [2.75, 3.05) is 39.6 Å². The quantitative estimate of drug-likeness (QED) is 0.0222. The fraction of sp³-hybridized carbons (Fsp3) is 0.944. The van der Waals surface area contributed by atoms with E-state index in [2.05, 4.69) is 34.6 Å². The van der Waals surface area contributed by atoms with E-state index in [1.165, 1.54) is 186 Å². The highest BCUT2D eigenvalue weighted by atomic mass is 31.2. The molecule has 0 saturated carbocycles. The Kier molecular flexibility index (Phi) is 64.0. The highest BCUT2D eigenvalue weighted by Crippen LogP contribution is 2.45. The van der Waals surface area contributed by atoms with Crippen molar-refractivity contribution in [1.29, 1.82) is 0 Å². The molecule has 2 unspecified atom stereocenters. The second-order valence-corrected chi connectivity index (χ2v) is 29.4. The Hall–Kier alpha value is -1.94. The van der Waals surface area contributed by atoms with Gasteiger partial charge in [-0.25, -0.2) is 9.13 Å². The molecule has 0 aromatic carbocycles. The van der Waals surface area contributed by atoms with E-state index in [4.69, 9.17) is 37.0 Å². The normalized spacial score (nSPS) is 14.0. The fourth-order valence-corrected chi connectivity index (χ4v) is 12.6. The molecule has 0 aliphatic rings. The Morgan fingerprint density at radius 3 is 0.747 bits per heavy atom. The molecule has 91 heavy (non-hydrogen) atoms. The summed E-state index contributed by atoms with van der Waals surface area (Å²) in [6.45, 7) is 7.21. The fourth-order valence-electron chi connectivity index (χ4n) is 11.0. The van der Waals surface area contributed by atoms with Crippen molar-refractivity contribution in [3.63, 3.8) is 0 Å². The van der Waals surface area contributed by atoms with E-state index in [1.54, 1.807) is 0 Å². The summed E-state index contributed by atoms with van der Waals surface area (Å²) in [5, 5.41) is 10.6. The van der Waals surface area contributed by atoms with Gasteiger partial charge in [-0.15, -0.1) is 0 Å². The van der Waals surface area contributed by atoms with Gasteiger partial charge in [0, 0.05) is 25.7 Å². The minimum absolute atomic E-state index is 0.106. The number of esters is 4. The number of carbonyl (C=O) groups is 4. The maximum atomic E-state index is 13.1. The first-order valence-electron chi connectivity index (χ1n) is 37.6. The van der Waals surface area contributed by atoms with E-state index in [1.807, 2.05) is 0 Å². The Bertz CT molecular complexity index is 1750. The third-order valence-corrected chi connectivity index (χ3v) is 18.7.